The molecule has 0 unspecified atom stereocenters. The van der Waals surface area contributed by atoms with Crippen LogP contribution in [0.15, 0.2) is 47.5 Å². The van der Waals surface area contributed by atoms with Crippen molar-refractivity contribution in [1.82, 2.24) is 0 Å². The highest BCUT2D eigenvalue weighted by molar-refractivity contribution is 5.92. The van der Waals surface area contributed by atoms with Gasteiger partial charge in [-0.2, -0.15) is 0 Å². The van der Waals surface area contributed by atoms with Gasteiger partial charge in [-0.3, -0.25) is 0 Å². The van der Waals surface area contributed by atoms with Gasteiger partial charge >= 0.3 is 0 Å². The lowest BCUT2D eigenvalue weighted by atomic mass is 10.2. The van der Waals surface area contributed by atoms with Gasteiger partial charge < -0.3 is 25.6 Å². The van der Waals surface area contributed by atoms with Gasteiger partial charge in [-0.25, -0.2) is 4.99 Å². The third-order valence-corrected chi connectivity index (χ3v) is 3.30. The predicted octanol–water partition coefficient (Wildman–Crippen LogP) is 2.30. The van der Waals surface area contributed by atoms with Crippen molar-refractivity contribution < 1.29 is 14.6 Å². The molecular weight excluding hydrogens is 306 g/mol. The van der Waals surface area contributed by atoms with Gasteiger partial charge in [0.1, 0.15) is 6.61 Å². The number of methoxy groups -OCH3 is 1. The highest BCUT2D eigenvalue weighted by Crippen LogP contribution is 2.28. The normalized spacial score (nSPS) is 11.2. The summed E-state index contributed by atoms with van der Waals surface area (Å²) in [6.07, 6.45) is 0. The molecule has 6 heteroatoms. The van der Waals surface area contributed by atoms with Crippen molar-refractivity contribution in [1.29, 1.82) is 0 Å². The van der Waals surface area contributed by atoms with Crippen LogP contribution in [-0.4, -0.2) is 31.4 Å². The molecule has 2 rings (SSSR count). The lowest BCUT2D eigenvalue weighted by Gasteiger charge is -2.11. The second-order valence-corrected chi connectivity index (χ2v) is 5.25. The molecule has 2 aromatic carbocycles. The zero-order valence-electron chi connectivity index (χ0n) is 14.0. The molecule has 4 N–H and O–H groups in total. The Morgan fingerprint density at radius 3 is 2.75 bits per heavy atom. The molecule has 6 nitrogen and oxygen atoms in total. The van der Waals surface area contributed by atoms with Crippen LogP contribution >= 0.6 is 0 Å². The van der Waals surface area contributed by atoms with E-state index >= 15 is 0 Å². The number of hydrogen-bond acceptors (Lipinski definition) is 4. The Balaban J connectivity index is 2.02. The van der Waals surface area contributed by atoms with Crippen LogP contribution < -0.4 is 20.5 Å². The van der Waals surface area contributed by atoms with Crippen molar-refractivity contribution in [2.24, 2.45) is 10.7 Å². The fraction of sp³-hybridized carbons (Fsp3) is 0.278. The number of aliphatic hydroxyl groups excluding tert-OH is 1. The largest absolute Gasteiger partial charge is 0.493 e. The van der Waals surface area contributed by atoms with Crippen LogP contribution in [0.4, 0.5) is 5.69 Å². The number of aryl methyl sites for hydroxylation is 1. The summed E-state index contributed by atoms with van der Waals surface area (Å²) in [6.45, 7) is 2.62. The topological polar surface area (TPSA) is 89.1 Å². The Morgan fingerprint density at radius 1 is 1.21 bits per heavy atom. The first-order valence-electron chi connectivity index (χ1n) is 7.66. The number of hydrogen-bond donors (Lipinski definition) is 3. The van der Waals surface area contributed by atoms with Crippen LogP contribution in [0.5, 0.6) is 11.5 Å². The zero-order chi connectivity index (χ0) is 17.4. The fourth-order valence-electron chi connectivity index (χ4n) is 2.17. The molecule has 0 radical (unpaired) electrons. The lowest BCUT2D eigenvalue weighted by Crippen LogP contribution is -2.22. The summed E-state index contributed by atoms with van der Waals surface area (Å²) < 4.78 is 10.7. The summed E-state index contributed by atoms with van der Waals surface area (Å²) in [6, 6.07) is 13.4. The van der Waals surface area contributed by atoms with Gasteiger partial charge in [-0.05, 0) is 42.3 Å². The van der Waals surface area contributed by atoms with Gasteiger partial charge in [0.15, 0.2) is 17.5 Å². The van der Waals surface area contributed by atoms with Crippen molar-refractivity contribution in [2.45, 2.75) is 13.5 Å². The average molecular weight is 329 g/mol. The van der Waals surface area contributed by atoms with E-state index in [1.165, 1.54) is 0 Å². The fourth-order valence-corrected chi connectivity index (χ4v) is 2.17. The average Bonchev–Trinajstić information content (AvgIpc) is 2.58. The Morgan fingerprint density at radius 2 is 2.04 bits per heavy atom. The van der Waals surface area contributed by atoms with E-state index in [1.807, 2.05) is 43.3 Å². The van der Waals surface area contributed by atoms with E-state index < -0.39 is 0 Å². The summed E-state index contributed by atoms with van der Waals surface area (Å²) in [5.74, 6) is 1.53. The van der Waals surface area contributed by atoms with Gasteiger partial charge in [-0.1, -0.05) is 18.2 Å². The zero-order valence-corrected chi connectivity index (χ0v) is 14.0. The van der Waals surface area contributed by atoms with Gasteiger partial charge in [0.2, 0.25) is 0 Å². The number of anilines is 1. The van der Waals surface area contributed by atoms with E-state index in [1.54, 1.807) is 13.2 Å². The summed E-state index contributed by atoms with van der Waals surface area (Å²) >= 11 is 0. The van der Waals surface area contributed by atoms with E-state index in [0.29, 0.717) is 24.0 Å². The maximum Gasteiger partial charge on any atom is 0.193 e. The number of benzene rings is 2. The van der Waals surface area contributed by atoms with Crippen LogP contribution in [0.25, 0.3) is 0 Å². The van der Waals surface area contributed by atoms with E-state index in [4.69, 9.17) is 20.3 Å². The van der Waals surface area contributed by atoms with E-state index in [-0.39, 0.29) is 13.2 Å². The number of guanidine groups is 1. The number of nitrogens with zero attached hydrogens (tertiary/aromatic N) is 1. The van der Waals surface area contributed by atoms with Crippen LogP contribution in [0.1, 0.15) is 11.1 Å². The number of aliphatic hydroxyl groups is 1. The van der Waals surface area contributed by atoms with Crippen molar-refractivity contribution in [3.63, 3.8) is 0 Å². The molecule has 0 saturated heterocycles. The highest BCUT2D eigenvalue weighted by atomic mass is 16.5. The molecule has 0 heterocycles. The van der Waals surface area contributed by atoms with Gasteiger partial charge in [0.05, 0.1) is 20.3 Å². The molecule has 0 atom stereocenters. The molecule has 24 heavy (non-hydrogen) atoms. The Hall–Kier alpha value is -2.73. The van der Waals surface area contributed by atoms with Crippen molar-refractivity contribution in [2.75, 3.05) is 25.6 Å². The second-order valence-electron chi connectivity index (χ2n) is 5.25. The molecule has 2 aromatic rings. The molecule has 0 amide bonds. The van der Waals surface area contributed by atoms with Crippen LogP contribution in [-0.2, 0) is 6.54 Å². The first kappa shape index (κ1) is 17.6. The molecule has 0 fully saturated rings. The Labute approximate surface area is 141 Å². The monoisotopic (exact) mass is 329 g/mol. The smallest absolute Gasteiger partial charge is 0.193 e. The minimum Gasteiger partial charge on any atom is -0.493 e. The molecule has 0 bridgehead atoms. The van der Waals surface area contributed by atoms with Crippen LogP contribution in [0, 0.1) is 6.92 Å². The molecular formula is C18H23N3O3. The summed E-state index contributed by atoms with van der Waals surface area (Å²) in [5.41, 5.74) is 8.92. The first-order valence-corrected chi connectivity index (χ1v) is 7.66. The van der Waals surface area contributed by atoms with Crippen LogP contribution in [0.3, 0.4) is 0 Å². The molecule has 0 aromatic heterocycles. The Bertz CT molecular complexity index is 702. The van der Waals surface area contributed by atoms with Crippen molar-refractivity contribution in [3.8, 4) is 11.5 Å². The van der Waals surface area contributed by atoms with E-state index in [9.17, 15) is 0 Å². The molecule has 0 aliphatic rings. The van der Waals surface area contributed by atoms with Gasteiger partial charge in [0.25, 0.3) is 0 Å². The summed E-state index contributed by atoms with van der Waals surface area (Å²) in [5, 5.41) is 11.9. The summed E-state index contributed by atoms with van der Waals surface area (Å²) in [4.78, 5) is 4.33. The minimum absolute atomic E-state index is 0.0453. The molecule has 0 spiro atoms. The molecule has 0 aliphatic heterocycles. The first-order chi connectivity index (χ1) is 11.6. The standard InChI is InChI=1S/C18H23N3O3/c1-13-4-3-5-15(10-13)21-18(19)20-12-14-6-7-16(24-9-8-22)17(11-14)23-2/h3-7,10-11,22H,8-9,12H2,1-2H3,(H3,19,20,21). The van der Waals surface area contributed by atoms with Crippen molar-refractivity contribution >= 4 is 11.6 Å². The van der Waals surface area contributed by atoms with Crippen LogP contribution in [0.2, 0.25) is 0 Å². The highest BCUT2D eigenvalue weighted by Gasteiger charge is 2.05. The lowest BCUT2D eigenvalue weighted by molar-refractivity contribution is 0.196. The molecule has 128 valence electrons. The maximum absolute atomic E-state index is 8.82. The predicted molar refractivity (Wildman–Crippen MR) is 95.7 cm³/mol. The van der Waals surface area contributed by atoms with E-state index in [2.05, 4.69) is 10.3 Å². The number of rotatable bonds is 7. The SMILES string of the molecule is COc1cc(CN=C(N)Nc2cccc(C)c2)ccc1OCCO. The van der Waals surface area contributed by atoms with Gasteiger partial charge in [0, 0.05) is 5.69 Å². The van der Waals surface area contributed by atoms with E-state index in [0.717, 1.165) is 16.8 Å². The Kier molecular flexibility index (Phi) is 6.45. The van der Waals surface area contributed by atoms with Gasteiger partial charge in [-0.15, -0.1) is 0 Å². The number of ether oxygens (including phenoxy) is 2. The number of aliphatic imine (C=N–C) groups is 1. The number of nitrogens with one attached hydrogen (secondary N) is 1. The summed E-state index contributed by atoms with van der Waals surface area (Å²) in [7, 11) is 1.57. The third kappa shape index (κ3) is 5.17. The third-order valence-electron chi connectivity index (χ3n) is 3.30. The minimum atomic E-state index is -0.0453. The van der Waals surface area contributed by atoms with Crippen molar-refractivity contribution in [3.05, 3.63) is 53.6 Å². The molecule has 0 saturated carbocycles. The maximum atomic E-state index is 8.82. The molecule has 0 aliphatic carbocycles. The number of nitrogens with two attached hydrogens (primary N) is 1. The quantitative estimate of drug-likeness (QED) is 0.536. The second kappa shape index (κ2) is 8.79.